The van der Waals surface area contributed by atoms with E-state index in [0.29, 0.717) is 6.42 Å². The number of rotatable bonds is 3. The fraction of sp³-hybridized carbons (Fsp3) is 0.200. The second kappa shape index (κ2) is 4.60. The second-order valence-corrected chi connectivity index (χ2v) is 4.49. The van der Waals surface area contributed by atoms with Gasteiger partial charge in [-0.25, -0.2) is 0 Å². The van der Waals surface area contributed by atoms with E-state index in [4.69, 9.17) is 5.73 Å². The summed E-state index contributed by atoms with van der Waals surface area (Å²) in [5.41, 5.74) is 7.97. The molecule has 0 unspecified atom stereocenters. The molecule has 0 fully saturated rings. The van der Waals surface area contributed by atoms with Crippen molar-refractivity contribution in [1.82, 2.24) is 0 Å². The number of aromatic hydroxyl groups is 1. The molecule has 1 atom stereocenters. The molecule has 2 aromatic rings. The molecule has 0 bridgehead atoms. The first-order valence-electron chi connectivity index (χ1n) is 5.70. The van der Waals surface area contributed by atoms with Crippen LogP contribution in [0.15, 0.2) is 48.6 Å². The van der Waals surface area contributed by atoms with E-state index in [1.807, 2.05) is 37.3 Å². The number of phenols is 1. The van der Waals surface area contributed by atoms with Crippen molar-refractivity contribution in [3.05, 3.63) is 54.1 Å². The molecule has 0 heterocycles. The van der Waals surface area contributed by atoms with E-state index >= 15 is 0 Å². The molecule has 0 aliphatic carbocycles. The van der Waals surface area contributed by atoms with Gasteiger partial charge in [-0.15, -0.1) is 6.58 Å². The first-order chi connectivity index (χ1) is 8.09. The van der Waals surface area contributed by atoms with Gasteiger partial charge >= 0.3 is 0 Å². The summed E-state index contributed by atoms with van der Waals surface area (Å²) < 4.78 is 0. The van der Waals surface area contributed by atoms with E-state index in [0.717, 1.165) is 21.9 Å². The van der Waals surface area contributed by atoms with Crippen LogP contribution in [0.1, 0.15) is 24.9 Å². The molecule has 0 saturated heterocycles. The number of nitrogens with two attached hydrogens (primary N) is 1. The molecule has 0 aliphatic heterocycles. The third-order valence-corrected chi connectivity index (χ3v) is 2.89. The van der Waals surface area contributed by atoms with E-state index in [2.05, 4.69) is 6.58 Å². The maximum atomic E-state index is 9.98. The highest BCUT2D eigenvalue weighted by Gasteiger charge is 2.14. The van der Waals surface area contributed by atoms with E-state index in [1.165, 1.54) is 0 Å². The Morgan fingerprint density at radius 2 is 2.00 bits per heavy atom. The van der Waals surface area contributed by atoms with Crippen LogP contribution >= 0.6 is 0 Å². The Balaban J connectivity index is 2.58. The molecule has 3 N–H and O–H groups in total. The Kier molecular flexibility index (Phi) is 3.16. The van der Waals surface area contributed by atoms with Crippen molar-refractivity contribution in [1.29, 1.82) is 0 Å². The van der Waals surface area contributed by atoms with Gasteiger partial charge in [0.05, 0.1) is 0 Å². The second-order valence-electron chi connectivity index (χ2n) is 4.49. The lowest BCUT2D eigenvalue weighted by Gasteiger charge is -2.16. The SMILES string of the molecule is C=C(C)C[C@H](N)c1c(O)ccc2ccccc12. The molecule has 0 radical (unpaired) electrons. The Bertz CT molecular complexity index is 560. The van der Waals surface area contributed by atoms with Crippen molar-refractivity contribution < 1.29 is 5.11 Å². The van der Waals surface area contributed by atoms with Crippen molar-refractivity contribution in [3.63, 3.8) is 0 Å². The molecule has 2 aromatic carbocycles. The van der Waals surface area contributed by atoms with Crippen LogP contribution in [0.25, 0.3) is 10.8 Å². The van der Waals surface area contributed by atoms with Crippen LogP contribution < -0.4 is 5.73 Å². The number of hydrogen-bond donors (Lipinski definition) is 2. The summed E-state index contributed by atoms with van der Waals surface area (Å²) in [6.45, 7) is 5.82. The minimum atomic E-state index is -0.210. The van der Waals surface area contributed by atoms with Crippen molar-refractivity contribution >= 4 is 10.8 Å². The van der Waals surface area contributed by atoms with Gasteiger partial charge < -0.3 is 10.8 Å². The molecule has 0 aliphatic rings. The van der Waals surface area contributed by atoms with Gasteiger partial charge in [-0.1, -0.05) is 35.9 Å². The third-order valence-electron chi connectivity index (χ3n) is 2.89. The van der Waals surface area contributed by atoms with Gasteiger partial charge in [0.25, 0.3) is 0 Å². The highest BCUT2D eigenvalue weighted by Crippen LogP contribution is 2.33. The number of fused-ring (bicyclic) bond motifs is 1. The monoisotopic (exact) mass is 227 g/mol. The molecular weight excluding hydrogens is 210 g/mol. The zero-order valence-corrected chi connectivity index (χ0v) is 9.98. The largest absolute Gasteiger partial charge is 0.508 e. The summed E-state index contributed by atoms with van der Waals surface area (Å²) >= 11 is 0. The molecule has 17 heavy (non-hydrogen) atoms. The number of hydrogen-bond acceptors (Lipinski definition) is 2. The summed E-state index contributed by atoms with van der Waals surface area (Å²) in [6.07, 6.45) is 0.682. The summed E-state index contributed by atoms with van der Waals surface area (Å²) in [4.78, 5) is 0. The van der Waals surface area contributed by atoms with Gasteiger partial charge in [0.1, 0.15) is 5.75 Å². The molecule has 2 heteroatoms. The predicted molar refractivity (Wildman–Crippen MR) is 72.0 cm³/mol. The van der Waals surface area contributed by atoms with Crippen LogP contribution in [0, 0.1) is 0 Å². The normalized spacial score (nSPS) is 12.6. The molecule has 2 nitrogen and oxygen atoms in total. The summed E-state index contributed by atoms with van der Waals surface area (Å²) in [5, 5.41) is 12.1. The van der Waals surface area contributed by atoms with Gasteiger partial charge in [-0.2, -0.15) is 0 Å². The standard InChI is InChI=1S/C15H17NO/c1-10(2)9-13(16)15-12-6-4-3-5-11(12)7-8-14(15)17/h3-8,13,17H,1,9,16H2,2H3/t13-/m0/s1. The Morgan fingerprint density at radius 3 is 2.71 bits per heavy atom. The van der Waals surface area contributed by atoms with Gasteiger partial charge in [0.15, 0.2) is 0 Å². The predicted octanol–water partition coefficient (Wildman–Crippen LogP) is 3.51. The summed E-state index contributed by atoms with van der Waals surface area (Å²) in [6, 6.07) is 11.3. The Hall–Kier alpha value is -1.80. The summed E-state index contributed by atoms with van der Waals surface area (Å²) in [7, 11) is 0. The lowest BCUT2D eigenvalue weighted by molar-refractivity contribution is 0.463. The van der Waals surface area contributed by atoms with Crippen LogP contribution in [0.3, 0.4) is 0 Å². The lowest BCUT2D eigenvalue weighted by atomic mass is 9.94. The van der Waals surface area contributed by atoms with E-state index in [-0.39, 0.29) is 11.8 Å². The minimum absolute atomic E-state index is 0.210. The molecule has 88 valence electrons. The average molecular weight is 227 g/mol. The number of phenolic OH excluding ortho intramolecular Hbond substituents is 1. The Labute approximate surface area is 101 Å². The maximum absolute atomic E-state index is 9.98. The molecule has 0 saturated carbocycles. The first-order valence-corrected chi connectivity index (χ1v) is 5.70. The maximum Gasteiger partial charge on any atom is 0.120 e. The van der Waals surface area contributed by atoms with Crippen LogP contribution in [0.4, 0.5) is 0 Å². The van der Waals surface area contributed by atoms with Crippen molar-refractivity contribution in [2.45, 2.75) is 19.4 Å². The highest BCUT2D eigenvalue weighted by atomic mass is 16.3. The fourth-order valence-electron chi connectivity index (χ4n) is 2.15. The van der Waals surface area contributed by atoms with Gasteiger partial charge in [0.2, 0.25) is 0 Å². The topological polar surface area (TPSA) is 46.2 Å². The third kappa shape index (κ3) is 2.32. The zero-order valence-electron chi connectivity index (χ0n) is 9.98. The smallest absolute Gasteiger partial charge is 0.120 e. The van der Waals surface area contributed by atoms with Crippen molar-refractivity contribution in [2.75, 3.05) is 0 Å². The molecular formula is C15H17NO. The first kappa shape index (κ1) is 11.7. The Morgan fingerprint density at radius 1 is 1.29 bits per heavy atom. The zero-order chi connectivity index (χ0) is 12.4. The quantitative estimate of drug-likeness (QED) is 0.788. The van der Waals surface area contributed by atoms with Crippen LogP contribution in [0.2, 0.25) is 0 Å². The van der Waals surface area contributed by atoms with Crippen molar-refractivity contribution in [3.8, 4) is 5.75 Å². The average Bonchev–Trinajstić information content (AvgIpc) is 2.27. The van der Waals surface area contributed by atoms with E-state index < -0.39 is 0 Å². The minimum Gasteiger partial charge on any atom is -0.508 e. The van der Waals surface area contributed by atoms with Crippen LogP contribution in [0.5, 0.6) is 5.75 Å². The van der Waals surface area contributed by atoms with Crippen molar-refractivity contribution in [2.24, 2.45) is 5.73 Å². The molecule has 0 spiro atoms. The fourth-order valence-corrected chi connectivity index (χ4v) is 2.15. The van der Waals surface area contributed by atoms with E-state index in [1.54, 1.807) is 6.07 Å². The van der Waals surface area contributed by atoms with E-state index in [9.17, 15) is 5.11 Å². The lowest BCUT2D eigenvalue weighted by Crippen LogP contribution is -2.11. The van der Waals surface area contributed by atoms with Gasteiger partial charge in [0, 0.05) is 11.6 Å². The van der Waals surface area contributed by atoms with Gasteiger partial charge in [-0.05, 0) is 30.2 Å². The van der Waals surface area contributed by atoms with Gasteiger partial charge in [-0.3, -0.25) is 0 Å². The molecule has 2 rings (SSSR count). The number of benzene rings is 2. The highest BCUT2D eigenvalue weighted by molar-refractivity contribution is 5.88. The van der Waals surface area contributed by atoms with Crippen LogP contribution in [-0.2, 0) is 0 Å². The molecule has 0 aromatic heterocycles. The molecule has 0 amide bonds. The summed E-state index contributed by atoms with van der Waals surface area (Å²) in [5.74, 6) is 0.262. The van der Waals surface area contributed by atoms with Crippen LogP contribution in [-0.4, -0.2) is 5.11 Å².